The normalized spacial score (nSPS) is 12.2. The Labute approximate surface area is 137 Å². The molecule has 5 nitrogen and oxygen atoms in total. The van der Waals surface area contributed by atoms with E-state index in [1.54, 1.807) is 36.5 Å². The first-order chi connectivity index (χ1) is 11.1. The topological polar surface area (TPSA) is 72.0 Å². The lowest BCUT2D eigenvalue weighted by molar-refractivity contribution is -0.148. The van der Waals surface area contributed by atoms with Crippen LogP contribution in [0.2, 0.25) is 0 Å². The average Bonchev–Trinajstić information content (AvgIpc) is 3.06. The van der Waals surface area contributed by atoms with Gasteiger partial charge in [0.05, 0.1) is 10.9 Å². The Hall–Kier alpha value is -2.47. The highest BCUT2D eigenvalue weighted by Crippen LogP contribution is 2.16. The molecule has 0 fully saturated rings. The van der Waals surface area contributed by atoms with Gasteiger partial charge in [-0.1, -0.05) is 12.1 Å². The number of esters is 1. The van der Waals surface area contributed by atoms with Crippen molar-refractivity contribution in [3.8, 4) is 0 Å². The van der Waals surface area contributed by atoms with Crippen molar-refractivity contribution in [1.82, 2.24) is 9.97 Å². The van der Waals surface area contributed by atoms with Gasteiger partial charge in [-0.15, -0.1) is 0 Å². The van der Waals surface area contributed by atoms with Crippen LogP contribution in [0, 0.1) is 0 Å². The molecule has 0 amide bonds. The molecule has 23 heavy (non-hydrogen) atoms. The molecule has 0 unspecified atom stereocenters. The summed E-state index contributed by atoms with van der Waals surface area (Å²) in [7, 11) is 0. The van der Waals surface area contributed by atoms with Crippen LogP contribution in [0.3, 0.4) is 0 Å². The molecule has 1 aromatic carbocycles. The summed E-state index contributed by atoms with van der Waals surface area (Å²) in [6, 6.07) is 9.06. The molecule has 0 radical (unpaired) electrons. The van der Waals surface area contributed by atoms with Crippen molar-refractivity contribution in [2.24, 2.45) is 0 Å². The van der Waals surface area contributed by atoms with Gasteiger partial charge in [0.15, 0.2) is 11.9 Å². The minimum atomic E-state index is -0.595. The second kappa shape index (κ2) is 6.75. The molecule has 2 heterocycles. The molecular weight excluding hydrogens is 312 g/mol. The minimum Gasteiger partial charge on any atom is -0.454 e. The quantitative estimate of drug-likeness (QED) is 0.730. The van der Waals surface area contributed by atoms with E-state index in [9.17, 15) is 9.59 Å². The number of para-hydroxylation sites is 1. The lowest BCUT2D eigenvalue weighted by Crippen LogP contribution is -2.17. The van der Waals surface area contributed by atoms with Gasteiger partial charge in [-0.05, 0) is 47.9 Å². The summed E-state index contributed by atoms with van der Waals surface area (Å²) in [6.07, 6.45) is 0.359. The van der Waals surface area contributed by atoms with Crippen LogP contribution in [0.15, 0.2) is 45.9 Å². The van der Waals surface area contributed by atoms with E-state index in [4.69, 9.17) is 4.74 Å². The third-order valence-electron chi connectivity index (χ3n) is 3.52. The molecule has 0 saturated carbocycles. The van der Waals surface area contributed by atoms with Crippen molar-refractivity contribution in [2.45, 2.75) is 25.9 Å². The standard InChI is InChI=1S/C17H16N2O3S/c1-11(22-15(20)7-6-12-8-9-23-10-12)16-18-14-5-3-2-4-13(14)17(21)19-16/h2-5,8-11H,6-7H2,1H3,(H,18,19,21)/t11-/m0/s1. The highest BCUT2D eigenvalue weighted by atomic mass is 32.1. The van der Waals surface area contributed by atoms with Gasteiger partial charge in [-0.25, -0.2) is 4.98 Å². The number of hydrogen-bond acceptors (Lipinski definition) is 5. The number of thiophene rings is 1. The summed E-state index contributed by atoms with van der Waals surface area (Å²) in [5, 5.41) is 4.51. The minimum absolute atomic E-state index is 0.230. The van der Waals surface area contributed by atoms with Crippen molar-refractivity contribution in [3.05, 3.63) is 62.8 Å². The molecule has 0 spiro atoms. The second-order valence-electron chi connectivity index (χ2n) is 5.23. The summed E-state index contributed by atoms with van der Waals surface area (Å²) < 4.78 is 5.37. The number of nitrogens with one attached hydrogen (secondary N) is 1. The van der Waals surface area contributed by atoms with E-state index in [1.165, 1.54) is 0 Å². The summed E-state index contributed by atoms with van der Waals surface area (Å²) in [5.74, 6) is 0.0529. The number of hydrogen-bond donors (Lipinski definition) is 1. The van der Waals surface area contributed by atoms with E-state index in [-0.39, 0.29) is 11.5 Å². The molecule has 1 N–H and O–H groups in total. The number of aryl methyl sites for hydroxylation is 1. The highest BCUT2D eigenvalue weighted by Gasteiger charge is 2.15. The summed E-state index contributed by atoms with van der Waals surface area (Å²) in [6.45, 7) is 1.70. The lowest BCUT2D eigenvalue weighted by Gasteiger charge is -2.13. The van der Waals surface area contributed by atoms with Gasteiger partial charge in [-0.2, -0.15) is 11.3 Å². The van der Waals surface area contributed by atoms with Crippen molar-refractivity contribution in [3.63, 3.8) is 0 Å². The van der Waals surface area contributed by atoms with Crippen LogP contribution in [0.1, 0.15) is 30.8 Å². The van der Waals surface area contributed by atoms with E-state index >= 15 is 0 Å². The smallest absolute Gasteiger partial charge is 0.306 e. The van der Waals surface area contributed by atoms with Crippen molar-refractivity contribution >= 4 is 28.2 Å². The fourth-order valence-corrected chi connectivity index (χ4v) is 2.99. The Kier molecular flexibility index (Phi) is 4.52. The first-order valence-electron chi connectivity index (χ1n) is 7.33. The Morgan fingerprint density at radius 3 is 2.96 bits per heavy atom. The maximum atomic E-state index is 12.0. The molecule has 2 aromatic heterocycles. The lowest BCUT2D eigenvalue weighted by atomic mass is 10.2. The third kappa shape index (κ3) is 3.65. The van der Waals surface area contributed by atoms with E-state index in [1.807, 2.05) is 22.9 Å². The zero-order valence-electron chi connectivity index (χ0n) is 12.6. The third-order valence-corrected chi connectivity index (χ3v) is 4.25. The summed E-state index contributed by atoms with van der Waals surface area (Å²) >= 11 is 1.60. The van der Waals surface area contributed by atoms with Crippen molar-refractivity contribution in [1.29, 1.82) is 0 Å². The largest absolute Gasteiger partial charge is 0.454 e. The SMILES string of the molecule is C[C@H](OC(=O)CCc1ccsc1)c1nc2ccccc2c(=O)[nH]1. The predicted octanol–water partition coefficient (Wildman–Crippen LogP) is 3.22. The Morgan fingerprint density at radius 2 is 2.17 bits per heavy atom. The Balaban J connectivity index is 1.69. The molecule has 0 aliphatic rings. The maximum absolute atomic E-state index is 12.0. The maximum Gasteiger partial charge on any atom is 0.306 e. The fourth-order valence-electron chi connectivity index (χ4n) is 2.29. The number of fused-ring (bicyclic) bond motifs is 1. The molecule has 0 bridgehead atoms. The molecule has 118 valence electrons. The fraction of sp³-hybridized carbons (Fsp3) is 0.235. The highest BCUT2D eigenvalue weighted by molar-refractivity contribution is 7.07. The van der Waals surface area contributed by atoms with Gasteiger partial charge in [0.25, 0.3) is 5.56 Å². The molecule has 0 aliphatic carbocycles. The average molecular weight is 328 g/mol. The van der Waals surface area contributed by atoms with Crippen LogP contribution in [0.25, 0.3) is 10.9 Å². The van der Waals surface area contributed by atoms with E-state index in [2.05, 4.69) is 9.97 Å². The first kappa shape index (κ1) is 15.4. The molecule has 6 heteroatoms. The van der Waals surface area contributed by atoms with Crippen LogP contribution in [-0.2, 0) is 16.0 Å². The van der Waals surface area contributed by atoms with E-state index < -0.39 is 6.10 Å². The zero-order chi connectivity index (χ0) is 16.2. The van der Waals surface area contributed by atoms with E-state index in [0.717, 1.165) is 5.56 Å². The van der Waals surface area contributed by atoms with Crippen LogP contribution in [0.5, 0.6) is 0 Å². The van der Waals surface area contributed by atoms with Crippen LogP contribution < -0.4 is 5.56 Å². The van der Waals surface area contributed by atoms with Crippen molar-refractivity contribution in [2.75, 3.05) is 0 Å². The van der Waals surface area contributed by atoms with Crippen molar-refractivity contribution < 1.29 is 9.53 Å². The molecule has 0 aliphatic heterocycles. The van der Waals surface area contributed by atoms with E-state index in [0.29, 0.717) is 29.6 Å². The number of ether oxygens (including phenoxy) is 1. The second-order valence-corrected chi connectivity index (χ2v) is 6.01. The molecule has 3 aromatic rings. The first-order valence-corrected chi connectivity index (χ1v) is 8.27. The van der Waals surface area contributed by atoms with Gasteiger partial charge >= 0.3 is 5.97 Å². The molecule has 1 atom stereocenters. The van der Waals surface area contributed by atoms with Crippen LogP contribution >= 0.6 is 11.3 Å². The summed E-state index contributed by atoms with van der Waals surface area (Å²) in [5.41, 5.74) is 1.48. The molecule has 3 rings (SSSR count). The number of H-pyrrole nitrogens is 1. The zero-order valence-corrected chi connectivity index (χ0v) is 13.4. The van der Waals surface area contributed by atoms with Gasteiger partial charge in [0.1, 0.15) is 0 Å². The van der Waals surface area contributed by atoms with Gasteiger partial charge in [0.2, 0.25) is 0 Å². The monoisotopic (exact) mass is 328 g/mol. The van der Waals surface area contributed by atoms with Gasteiger partial charge < -0.3 is 9.72 Å². The summed E-state index contributed by atoms with van der Waals surface area (Å²) in [4.78, 5) is 31.0. The van der Waals surface area contributed by atoms with Gasteiger partial charge in [-0.3, -0.25) is 9.59 Å². The van der Waals surface area contributed by atoms with Crippen LogP contribution in [-0.4, -0.2) is 15.9 Å². The molecular formula is C17H16N2O3S. The Bertz CT molecular complexity index is 871. The number of benzene rings is 1. The number of aromatic amines is 1. The number of carbonyl (C=O) groups excluding carboxylic acids is 1. The number of aromatic nitrogens is 2. The van der Waals surface area contributed by atoms with Crippen LogP contribution in [0.4, 0.5) is 0 Å². The number of carbonyl (C=O) groups is 1. The molecule has 0 saturated heterocycles. The van der Waals surface area contributed by atoms with Gasteiger partial charge in [0, 0.05) is 6.42 Å². The predicted molar refractivity (Wildman–Crippen MR) is 89.5 cm³/mol. The number of rotatable bonds is 5. The Morgan fingerprint density at radius 1 is 1.35 bits per heavy atom. The number of nitrogens with zero attached hydrogens (tertiary/aromatic N) is 1.